The van der Waals surface area contributed by atoms with Crippen LogP contribution >= 0.6 is 0 Å². The van der Waals surface area contributed by atoms with E-state index in [1.807, 2.05) is 30.3 Å². The van der Waals surface area contributed by atoms with Gasteiger partial charge in [0.15, 0.2) is 6.61 Å². The first-order valence-corrected chi connectivity index (χ1v) is 6.76. The zero-order valence-electron chi connectivity index (χ0n) is 11.3. The number of benzene rings is 1. The fourth-order valence-corrected chi connectivity index (χ4v) is 2.20. The number of nitrogens with zero attached hydrogens (tertiary/aromatic N) is 1. The Balaban J connectivity index is 1.74. The first kappa shape index (κ1) is 13.6. The minimum atomic E-state index is -0.213. The number of hydrogen-bond acceptors (Lipinski definition) is 3. The van der Waals surface area contributed by atoms with E-state index in [0.29, 0.717) is 11.7 Å². The summed E-state index contributed by atoms with van der Waals surface area (Å²) >= 11 is 0. The monoisotopic (exact) mass is 260 g/mol. The molecule has 2 rings (SSSR count). The lowest BCUT2D eigenvalue weighted by Crippen LogP contribution is -2.26. The third kappa shape index (κ3) is 4.73. The molecule has 0 aliphatic heterocycles. The van der Waals surface area contributed by atoms with Crippen molar-refractivity contribution in [2.45, 2.75) is 32.6 Å². The summed E-state index contributed by atoms with van der Waals surface area (Å²) in [6, 6.07) is 9.29. The van der Waals surface area contributed by atoms with Gasteiger partial charge in [0.25, 0.3) is 5.91 Å². The highest BCUT2D eigenvalue weighted by Gasteiger charge is 2.14. The summed E-state index contributed by atoms with van der Waals surface area (Å²) in [5.41, 5.74) is 3.66. The van der Waals surface area contributed by atoms with Crippen molar-refractivity contribution in [1.82, 2.24) is 5.43 Å². The molecule has 0 radical (unpaired) electrons. The van der Waals surface area contributed by atoms with Crippen LogP contribution in [-0.4, -0.2) is 18.2 Å². The number of nitrogens with one attached hydrogen (secondary N) is 1. The van der Waals surface area contributed by atoms with Crippen LogP contribution in [0.1, 0.15) is 32.6 Å². The topological polar surface area (TPSA) is 50.7 Å². The summed E-state index contributed by atoms with van der Waals surface area (Å²) in [5, 5.41) is 4.18. The van der Waals surface area contributed by atoms with E-state index in [-0.39, 0.29) is 12.5 Å². The summed E-state index contributed by atoms with van der Waals surface area (Å²) in [4.78, 5) is 11.6. The molecule has 102 valence electrons. The summed E-state index contributed by atoms with van der Waals surface area (Å²) in [6.45, 7) is 2.21. The van der Waals surface area contributed by atoms with Gasteiger partial charge in [-0.3, -0.25) is 4.79 Å². The first-order chi connectivity index (χ1) is 9.24. The molecular weight excluding hydrogens is 240 g/mol. The second-order valence-corrected chi connectivity index (χ2v) is 5.02. The first-order valence-electron chi connectivity index (χ1n) is 6.76. The zero-order chi connectivity index (χ0) is 13.5. The van der Waals surface area contributed by atoms with Gasteiger partial charge in [0.05, 0.1) is 0 Å². The smallest absolute Gasteiger partial charge is 0.277 e. The molecular formula is C15H20N2O2. The SMILES string of the molecule is C[C@H]1CCC/C(=N/NC(=O)COc2ccccc2)C1. The Morgan fingerprint density at radius 3 is 2.95 bits per heavy atom. The van der Waals surface area contributed by atoms with E-state index < -0.39 is 0 Å². The number of rotatable bonds is 4. The number of amides is 1. The van der Waals surface area contributed by atoms with Crippen LogP contribution in [0, 0.1) is 5.92 Å². The second kappa shape index (κ2) is 6.92. The Hall–Kier alpha value is -1.84. The van der Waals surface area contributed by atoms with Crippen molar-refractivity contribution in [2.75, 3.05) is 6.61 Å². The Kier molecular flexibility index (Phi) is 4.95. The Bertz CT molecular complexity index is 443. The van der Waals surface area contributed by atoms with E-state index in [4.69, 9.17) is 4.74 Å². The van der Waals surface area contributed by atoms with Crippen LogP contribution < -0.4 is 10.2 Å². The minimum absolute atomic E-state index is 0.00362. The third-order valence-electron chi connectivity index (χ3n) is 3.20. The molecule has 1 aliphatic carbocycles. The van der Waals surface area contributed by atoms with Gasteiger partial charge in [-0.2, -0.15) is 5.10 Å². The number of ether oxygens (including phenoxy) is 1. The van der Waals surface area contributed by atoms with Crippen LogP contribution in [-0.2, 0) is 4.79 Å². The minimum Gasteiger partial charge on any atom is -0.484 e. The highest BCUT2D eigenvalue weighted by atomic mass is 16.5. The maximum absolute atomic E-state index is 11.6. The molecule has 0 aromatic heterocycles. The molecule has 0 unspecified atom stereocenters. The molecule has 1 aromatic rings. The van der Waals surface area contributed by atoms with E-state index in [9.17, 15) is 4.79 Å². The Morgan fingerprint density at radius 1 is 1.42 bits per heavy atom. The van der Waals surface area contributed by atoms with Crippen molar-refractivity contribution in [1.29, 1.82) is 0 Å². The molecule has 19 heavy (non-hydrogen) atoms. The van der Waals surface area contributed by atoms with Gasteiger partial charge < -0.3 is 4.74 Å². The maximum atomic E-state index is 11.6. The molecule has 0 saturated heterocycles. The molecule has 1 aromatic carbocycles. The maximum Gasteiger partial charge on any atom is 0.277 e. The second-order valence-electron chi connectivity index (χ2n) is 5.02. The van der Waals surface area contributed by atoms with Crippen LogP contribution in [0.2, 0.25) is 0 Å². The van der Waals surface area contributed by atoms with Crippen LogP contribution in [0.25, 0.3) is 0 Å². The van der Waals surface area contributed by atoms with E-state index in [2.05, 4.69) is 17.5 Å². The van der Waals surface area contributed by atoms with Crippen molar-refractivity contribution in [3.8, 4) is 5.75 Å². The number of hydrazone groups is 1. The van der Waals surface area contributed by atoms with E-state index >= 15 is 0 Å². The summed E-state index contributed by atoms with van der Waals surface area (Å²) < 4.78 is 5.35. The largest absolute Gasteiger partial charge is 0.484 e. The normalized spacial score (nSPS) is 21.1. The number of hydrogen-bond donors (Lipinski definition) is 1. The fraction of sp³-hybridized carbons (Fsp3) is 0.467. The van der Waals surface area contributed by atoms with Gasteiger partial charge in [-0.1, -0.05) is 25.1 Å². The predicted molar refractivity (Wildman–Crippen MR) is 75.1 cm³/mol. The Labute approximate surface area is 113 Å². The van der Waals surface area contributed by atoms with Crippen LogP contribution in [0.4, 0.5) is 0 Å². The third-order valence-corrected chi connectivity index (χ3v) is 3.20. The van der Waals surface area contributed by atoms with Crippen LogP contribution in [0.3, 0.4) is 0 Å². The van der Waals surface area contributed by atoms with E-state index in [1.54, 1.807) is 0 Å². The molecule has 4 nitrogen and oxygen atoms in total. The van der Waals surface area contributed by atoms with E-state index in [0.717, 1.165) is 25.0 Å². The van der Waals surface area contributed by atoms with Crippen molar-refractivity contribution >= 4 is 11.6 Å². The van der Waals surface area contributed by atoms with Crippen molar-refractivity contribution in [3.63, 3.8) is 0 Å². The van der Waals surface area contributed by atoms with Crippen LogP contribution in [0.5, 0.6) is 5.75 Å². The lowest BCUT2D eigenvalue weighted by molar-refractivity contribution is -0.123. The molecule has 1 fully saturated rings. The average molecular weight is 260 g/mol. The van der Waals surface area contributed by atoms with Gasteiger partial charge in [0.1, 0.15) is 5.75 Å². The van der Waals surface area contributed by atoms with Gasteiger partial charge in [0.2, 0.25) is 0 Å². The summed E-state index contributed by atoms with van der Waals surface area (Å²) in [6.07, 6.45) is 4.39. The molecule has 0 heterocycles. The molecule has 1 saturated carbocycles. The fourth-order valence-electron chi connectivity index (χ4n) is 2.20. The molecule has 0 spiro atoms. The molecule has 0 bridgehead atoms. The quantitative estimate of drug-likeness (QED) is 0.846. The number of carbonyl (C=O) groups excluding carboxylic acids is 1. The summed E-state index contributed by atoms with van der Waals surface area (Å²) in [5.74, 6) is 1.15. The Morgan fingerprint density at radius 2 is 2.21 bits per heavy atom. The predicted octanol–water partition coefficient (Wildman–Crippen LogP) is 2.75. The van der Waals surface area contributed by atoms with Crippen molar-refractivity contribution < 1.29 is 9.53 Å². The zero-order valence-corrected chi connectivity index (χ0v) is 11.3. The highest BCUT2D eigenvalue weighted by Crippen LogP contribution is 2.20. The lowest BCUT2D eigenvalue weighted by Gasteiger charge is -2.18. The van der Waals surface area contributed by atoms with Gasteiger partial charge in [-0.15, -0.1) is 0 Å². The van der Waals surface area contributed by atoms with Crippen molar-refractivity contribution in [3.05, 3.63) is 30.3 Å². The van der Waals surface area contributed by atoms with Gasteiger partial charge in [-0.05, 0) is 43.7 Å². The van der Waals surface area contributed by atoms with Gasteiger partial charge in [0, 0.05) is 5.71 Å². The van der Waals surface area contributed by atoms with Gasteiger partial charge >= 0.3 is 0 Å². The number of carbonyl (C=O) groups is 1. The van der Waals surface area contributed by atoms with Gasteiger partial charge in [-0.25, -0.2) is 5.43 Å². The number of para-hydroxylation sites is 1. The molecule has 4 heteroatoms. The lowest BCUT2D eigenvalue weighted by atomic mass is 9.89. The highest BCUT2D eigenvalue weighted by molar-refractivity contribution is 5.87. The summed E-state index contributed by atoms with van der Waals surface area (Å²) in [7, 11) is 0. The van der Waals surface area contributed by atoms with Crippen molar-refractivity contribution in [2.24, 2.45) is 11.0 Å². The van der Waals surface area contributed by atoms with E-state index in [1.165, 1.54) is 6.42 Å². The molecule has 1 aliphatic rings. The molecule has 1 atom stereocenters. The van der Waals surface area contributed by atoms with Crippen LogP contribution in [0.15, 0.2) is 35.4 Å². The molecule has 1 N–H and O–H groups in total. The molecule has 1 amide bonds. The standard InChI is InChI=1S/C15H20N2O2/c1-12-6-5-7-13(10-12)16-17-15(18)11-19-14-8-3-2-4-9-14/h2-4,8-9,12H,5-7,10-11H2,1H3,(H,17,18)/b16-13-/t12-/m0/s1. The average Bonchev–Trinajstić information content (AvgIpc) is 2.44.